The number of benzene rings is 3. The zero-order chi connectivity index (χ0) is 28.9. The van der Waals surface area contributed by atoms with Crippen molar-refractivity contribution in [2.24, 2.45) is 0 Å². The first-order valence-electron chi connectivity index (χ1n) is 13.2. The Balaban J connectivity index is 1.47. The van der Waals surface area contributed by atoms with Gasteiger partial charge in [0, 0.05) is 17.5 Å². The zero-order valence-corrected chi connectivity index (χ0v) is 23.3. The van der Waals surface area contributed by atoms with Gasteiger partial charge in [0.05, 0.1) is 11.4 Å². The minimum absolute atomic E-state index is 0.141. The lowest BCUT2D eigenvalue weighted by atomic mass is 9.96. The Morgan fingerprint density at radius 1 is 1.02 bits per heavy atom. The van der Waals surface area contributed by atoms with Crippen LogP contribution in [-0.2, 0) is 12.8 Å². The molecule has 0 aliphatic carbocycles. The highest BCUT2D eigenvalue weighted by molar-refractivity contribution is 6.19. The van der Waals surface area contributed by atoms with Crippen LogP contribution in [0.4, 0.5) is 4.39 Å². The molecule has 2 heterocycles. The Morgan fingerprint density at radius 3 is 2.37 bits per heavy atom. The standard InChI is InChI=1S/C31H28ClFN4O4/c1-3-6-27-26(30(38)37(19(2)34-27)22-13-15-23(16-14-22)40-28(32)18-33)17-20-9-11-21(12-10-20)24-7-4-5-8-25(24)29-35-31(39)41-36-29/h4-5,7-16,28H,3,6,17-18H2,1-2H3,(H,35,36,39). The smallest absolute Gasteiger partial charge is 0.439 e. The Labute approximate surface area is 240 Å². The molecule has 210 valence electrons. The van der Waals surface area contributed by atoms with Crippen molar-refractivity contribution in [3.05, 3.63) is 116 Å². The number of hydrogen-bond acceptors (Lipinski definition) is 6. The largest absolute Gasteiger partial charge is 0.472 e. The molecule has 0 saturated heterocycles. The SMILES string of the molecule is CCCc1nc(C)n(-c2ccc(OC(Cl)CF)cc2)c(=O)c1Cc1ccc(-c2ccccc2-c2noc(=O)[nH]2)cc1. The van der Waals surface area contributed by atoms with Crippen molar-refractivity contribution in [2.45, 2.75) is 38.7 Å². The quantitative estimate of drug-likeness (QED) is 0.205. The van der Waals surface area contributed by atoms with E-state index < -0.39 is 18.0 Å². The molecule has 2 aromatic heterocycles. The van der Waals surface area contributed by atoms with Crippen molar-refractivity contribution in [3.8, 4) is 34.0 Å². The maximum absolute atomic E-state index is 13.9. The van der Waals surface area contributed by atoms with Gasteiger partial charge >= 0.3 is 5.76 Å². The van der Waals surface area contributed by atoms with Crippen molar-refractivity contribution in [1.29, 1.82) is 0 Å². The number of H-pyrrole nitrogens is 1. The van der Waals surface area contributed by atoms with E-state index in [1.54, 1.807) is 35.8 Å². The molecule has 1 N–H and O–H groups in total. The molecule has 0 saturated carbocycles. The van der Waals surface area contributed by atoms with E-state index in [0.29, 0.717) is 41.5 Å². The molecule has 1 atom stereocenters. The molecule has 0 bridgehead atoms. The van der Waals surface area contributed by atoms with Gasteiger partial charge in [-0.25, -0.2) is 14.2 Å². The van der Waals surface area contributed by atoms with Gasteiger partial charge in [0.2, 0.25) is 0 Å². The number of aromatic nitrogens is 4. The fourth-order valence-electron chi connectivity index (χ4n) is 4.79. The first kappa shape index (κ1) is 28.0. The third-order valence-corrected chi connectivity index (χ3v) is 6.87. The van der Waals surface area contributed by atoms with Crippen molar-refractivity contribution in [2.75, 3.05) is 6.67 Å². The van der Waals surface area contributed by atoms with Crippen molar-refractivity contribution in [1.82, 2.24) is 19.7 Å². The summed E-state index contributed by atoms with van der Waals surface area (Å²) < 4.78 is 24.3. The number of alkyl halides is 2. The minimum Gasteiger partial charge on any atom is -0.472 e. The van der Waals surface area contributed by atoms with Crippen LogP contribution in [-0.4, -0.2) is 31.9 Å². The second kappa shape index (κ2) is 12.3. The fourth-order valence-corrected chi connectivity index (χ4v) is 4.89. The highest BCUT2D eigenvalue weighted by Gasteiger charge is 2.17. The normalized spacial score (nSPS) is 11.9. The predicted octanol–water partition coefficient (Wildman–Crippen LogP) is 6.01. The molecule has 0 spiro atoms. The molecule has 3 aromatic carbocycles. The molecule has 41 heavy (non-hydrogen) atoms. The van der Waals surface area contributed by atoms with Crippen LogP contribution >= 0.6 is 11.6 Å². The summed E-state index contributed by atoms with van der Waals surface area (Å²) in [7, 11) is 0. The van der Waals surface area contributed by atoms with Crippen LogP contribution in [0.3, 0.4) is 0 Å². The van der Waals surface area contributed by atoms with Crippen molar-refractivity contribution in [3.63, 3.8) is 0 Å². The van der Waals surface area contributed by atoms with E-state index in [4.69, 9.17) is 21.3 Å². The number of halogens is 2. The number of nitrogens with one attached hydrogen (secondary N) is 1. The van der Waals surface area contributed by atoms with Crippen molar-refractivity contribution >= 4 is 11.6 Å². The molecule has 5 rings (SSSR count). The third kappa shape index (κ3) is 6.15. The second-order valence-corrected chi connectivity index (χ2v) is 10.0. The molecular weight excluding hydrogens is 547 g/mol. The van der Waals surface area contributed by atoms with Gasteiger partial charge in [0.1, 0.15) is 18.2 Å². The summed E-state index contributed by atoms with van der Waals surface area (Å²) in [5.41, 5.74) is 4.33. The van der Waals surface area contributed by atoms with E-state index in [1.165, 1.54) is 0 Å². The van der Waals surface area contributed by atoms with E-state index in [-0.39, 0.29) is 5.56 Å². The summed E-state index contributed by atoms with van der Waals surface area (Å²) in [5.74, 6) is 0.724. The van der Waals surface area contributed by atoms with Crippen molar-refractivity contribution < 1.29 is 13.7 Å². The summed E-state index contributed by atoms with van der Waals surface area (Å²) in [6.45, 7) is 3.05. The topological polar surface area (TPSA) is 103 Å². The summed E-state index contributed by atoms with van der Waals surface area (Å²) in [6, 6.07) is 22.3. The van der Waals surface area contributed by atoms with Gasteiger partial charge in [0.15, 0.2) is 11.4 Å². The first-order valence-corrected chi connectivity index (χ1v) is 13.6. The van der Waals surface area contributed by atoms with Gasteiger partial charge in [-0.1, -0.05) is 78.6 Å². The van der Waals surface area contributed by atoms with Crippen LogP contribution in [0.15, 0.2) is 86.9 Å². The third-order valence-electron chi connectivity index (χ3n) is 6.67. The lowest BCUT2D eigenvalue weighted by Gasteiger charge is -2.16. The van der Waals surface area contributed by atoms with Gasteiger partial charge in [-0.15, -0.1) is 0 Å². The number of hydrogen-bond donors (Lipinski definition) is 1. The lowest BCUT2D eigenvalue weighted by molar-refractivity contribution is 0.236. The molecule has 8 nitrogen and oxygen atoms in total. The van der Waals surface area contributed by atoms with Gasteiger partial charge in [-0.3, -0.25) is 18.9 Å². The number of aromatic amines is 1. The van der Waals surface area contributed by atoms with Crippen LogP contribution in [0.5, 0.6) is 5.75 Å². The van der Waals surface area contributed by atoms with E-state index in [2.05, 4.69) is 21.6 Å². The van der Waals surface area contributed by atoms with Gasteiger partial charge < -0.3 is 4.74 Å². The zero-order valence-electron chi connectivity index (χ0n) is 22.6. The number of aryl methyl sites for hydroxylation is 2. The van der Waals surface area contributed by atoms with Crippen LogP contribution in [0.1, 0.15) is 36.0 Å². The molecule has 5 aromatic rings. The first-order chi connectivity index (χ1) is 19.9. The van der Waals surface area contributed by atoms with Crippen LogP contribution in [0, 0.1) is 6.92 Å². The Kier molecular flexibility index (Phi) is 8.45. The second-order valence-electron chi connectivity index (χ2n) is 9.51. The Bertz CT molecular complexity index is 1760. The molecule has 0 radical (unpaired) electrons. The summed E-state index contributed by atoms with van der Waals surface area (Å²) >= 11 is 5.75. The van der Waals surface area contributed by atoms with E-state index in [0.717, 1.165) is 34.4 Å². The number of nitrogens with zero attached hydrogens (tertiary/aromatic N) is 3. The van der Waals surface area contributed by atoms with Crippen LogP contribution in [0.25, 0.3) is 28.2 Å². The van der Waals surface area contributed by atoms with E-state index >= 15 is 0 Å². The van der Waals surface area contributed by atoms with E-state index in [1.807, 2.05) is 48.5 Å². The van der Waals surface area contributed by atoms with E-state index in [9.17, 15) is 14.0 Å². The van der Waals surface area contributed by atoms with Gasteiger partial charge in [0.25, 0.3) is 5.56 Å². The van der Waals surface area contributed by atoms with Gasteiger partial charge in [-0.2, -0.15) is 0 Å². The average molecular weight is 575 g/mol. The maximum Gasteiger partial charge on any atom is 0.439 e. The Hall–Kier alpha value is -4.50. The molecule has 10 heteroatoms. The molecule has 0 amide bonds. The summed E-state index contributed by atoms with van der Waals surface area (Å²) in [5, 5.41) is 3.83. The predicted molar refractivity (Wildman–Crippen MR) is 156 cm³/mol. The molecular formula is C31H28ClFN4O4. The lowest BCUT2D eigenvalue weighted by Crippen LogP contribution is -2.28. The Morgan fingerprint density at radius 2 is 1.73 bits per heavy atom. The minimum atomic E-state index is -1.07. The monoisotopic (exact) mass is 574 g/mol. The van der Waals surface area contributed by atoms with Crippen LogP contribution in [0.2, 0.25) is 0 Å². The van der Waals surface area contributed by atoms with Crippen LogP contribution < -0.4 is 16.1 Å². The summed E-state index contributed by atoms with van der Waals surface area (Å²) in [4.78, 5) is 32.8. The van der Waals surface area contributed by atoms with Gasteiger partial charge in [-0.05, 0) is 54.3 Å². The molecule has 0 aliphatic rings. The molecule has 0 aliphatic heterocycles. The maximum atomic E-state index is 13.9. The number of rotatable bonds is 10. The fraction of sp³-hybridized carbons (Fsp3) is 0.226. The molecule has 1 unspecified atom stereocenters. The number of ether oxygens (including phenoxy) is 1. The highest BCUT2D eigenvalue weighted by Crippen LogP contribution is 2.30. The highest BCUT2D eigenvalue weighted by atomic mass is 35.5. The average Bonchev–Trinajstić information content (AvgIpc) is 3.42. The summed E-state index contributed by atoms with van der Waals surface area (Å²) in [6.07, 6.45) is 1.94. The molecule has 0 fully saturated rings.